The monoisotopic (exact) mass is 420 g/mol. The second-order valence-electron chi connectivity index (χ2n) is 4.40. The fourth-order valence-electron chi connectivity index (χ4n) is 1.90. The van der Waals surface area contributed by atoms with Gasteiger partial charge in [-0.3, -0.25) is 0 Å². The van der Waals surface area contributed by atoms with Gasteiger partial charge in [-0.25, -0.2) is 0 Å². The van der Waals surface area contributed by atoms with Crippen LogP contribution in [0.2, 0.25) is 10.0 Å². The number of alkyl halides is 1. The Bertz CT molecular complexity index is 597. The predicted octanol–water partition coefficient (Wildman–Crippen LogP) is 6.74. The average Bonchev–Trinajstić information content (AvgIpc) is 2.37. The van der Waals surface area contributed by atoms with E-state index < -0.39 is 0 Å². The summed E-state index contributed by atoms with van der Waals surface area (Å²) >= 11 is 19.4. The number of hydrogen-bond acceptors (Lipinski definition) is 0. The van der Waals surface area contributed by atoms with Gasteiger partial charge in [0.1, 0.15) is 0 Å². The van der Waals surface area contributed by atoms with Crippen LogP contribution in [0.5, 0.6) is 0 Å². The molecule has 1 unspecified atom stereocenters. The van der Waals surface area contributed by atoms with Gasteiger partial charge in [0, 0.05) is 9.30 Å². The Morgan fingerprint density at radius 2 is 1.84 bits per heavy atom. The Labute approximate surface area is 140 Å². The second kappa shape index (κ2) is 6.62. The lowest BCUT2D eigenvalue weighted by molar-refractivity contribution is 0.940. The van der Waals surface area contributed by atoms with E-state index in [4.69, 9.17) is 23.2 Å². The topological polar surface area (TPSA) is 0 Å². The van der Waals surface area contributed by atoms with Gasteiger partial charge in [0.15, 0.2) is 0 Å². The van der Waals surface area contributed by atoms with Gasteiger partial charge >= 0.3 is 0 Å². The Morgan fingerprint density at radius 3 is 2.53 bits per heavy atom. The van der Waals surface area contributed by atoms with Crippen molar-refractivity contribution in [2.24, 2.45) is 0 Å². The summed E-state index contributed by atoms with van der Waals surface area (Å²) in [5.41, 5.74) is 3.63. The second-order valence-corrected chi connectivity index (χ2v) is 7.11. The molecule has 0 aliphatic heterocycles. The molecular weight excluding hydrogens is 411 g/mol. The minimum atomic E-state index is 0.235. The van der Waals surface area contributed by atoms with E-state index >= 15 is 0 Å². The van der Waals surface area contributed by atoms with Gasteiger partial charge in [0.25, 0.3) is 0 Å². The third kappa shape index (κ3) is 3.75. The zero-order chi connectivity index (χ0) is 14.0. The summed E-state index contributed by atoms with van der Waals surface area (Å²) in [6.45, 7) is 2.09. The first kappa shape index (κ1) is 15.4. The van der Waals surface area contributed by atoms with E-state index in [2.05, 4.69) is 57.0 Å². The van der Waals surface area contributed by atoms with E-state index in [-0.39, 0.29) is 4.83 Å². The molecule has 0 amide bonds. The van der Waals surface area contributed by atoms with Crippen molar-refractivity contribution in [2.45, 2.75) is 18.2 Å². The lowest BCUT2D eigenvalue weighted by Gasteiger charge is -2.14. The highest BCUT2D eigenvalue weighted by molar-refractivity contribution is 9.11. The first-order valence-electron chi connectivity index (χ1n) is 5.82. The molecule has 1 atom stereocenters. The SMILES string of the molecule is Cc1cccc(C(Br)Cc2ccc(Cl)c(Cl)c2)c1Br. The van der Waals surface area contributed by atoms with Crippen LogP contribution in [0.1, 0.15) is 21.5 Å². The van der Waals surface area contributed by atoms with E-state index in [1.165, 1.54) is 11.1 Å². The summed E-state index contributed by atoms with van der Waals surface area (Å²) in [5.74, 6) is 0. The van der Waals surface area contributed by atoms with Gasteiger partial charge in [-0.05, 0) is 42.2 Å². The lowest BCUT2D eigenvalue weighted by Crippen LogP contribution is -1.97. The van der Waals surface area contributed by atoms with Gasteiger partial charge in [-0.2, -0.15) is 0 Å². The highest BCUT2D eigenvalue weighted by atomic mass is 79.9. The molecule has 0 aliphatic rings. The highest BCUT2D eigenvalue weighted by Crippen LogP contribution is 2.35. The zero-order valence-electron chi connectivity index (χ0n) is 10.3. The van der Waals surface area contributed by atoms with Crippen LogP contribution in [-0.2, 0) is 6.42 Å². The van der Waals surface area contributed by atoms with E-state index in [1.54, 1.807) is 0 Å². The van der Waals surface area contributed by atoms with Crippen LogP contribution >= 0.6 is 55.1 Å². The molecule has 0 aliphatic carbocycles. The van der Waals surface area contributed by atoms with Crippen LogP contribution in [-0.4, -0.2) is 0 Å². The van der Waals surface area contributed by atoms with Crippen LogP contribution in [0.4, 0.5) is 0 Å². The molecule has 0 saturated heterocycles. The summed E-state index contributed by atoms with van der Waals surface area (Å²) in [6.07, 6.45) is 0.860. The molecule has 0 saturated carbocycles. The normalized spacial score (nSPS) is 12.5. The van der Waals surface area contributed by atoms with Crippen molar-refractivity contribution in [1.29, 1.82) is 0 Å². The third-order valence-corrected chi connectivity index (χ3v) is 5.60. The molecule has 0 radical (unpaired) electrons. The van der Waals surface area contributed by atoms with Crippen LogP contribution in [0.15, 0.2) is 40.9 Å². The summed E-state index contributed by atoms with van der Waals surface area (Å²) < 4.78 is 1.15. The van der Waals surface area contributed by atoms with Gasteiger partial charge in [0.2, 0.25) is 0 Å². The van der Waals surface area contributed by atoms with Gasteiger partial charge in [-0.1, -0.05) is 79.3 Å². The molecule has 0 bridgehead atoms. The van der Waals surface area contributed by atoms with Crippen molar-refractivity contribution in [3.8, 4) is 0 Å². The Morgan fingerprint density at radius 1 is 1.11 bits per heavy atom. The lowest BCUT2D eigenvalue weighted by atomic mass is 10.0. The third-order valence-electron chi connectivity index (χ3n) is 2.96. The summed E-state index contributed by atoms with van der Waals surface area (Å²) in [5, 5.41) is 1.19. The maximum atomic E-state index is 6.04. The van der Waals surface area contributed by atoms with E-state index in [0.29, 0.717) is 10.0 Å². The minimum absolute atomic E-state index is 0.235. The molecule has 0 heterocycles. The number of benzene rings is 2. The van der Waals surface area contributed by atoms with Crippen molar-refractivity contribution < 1.29 is 0 Å². The average molecular weight is 423 g/mol. The largest absolute Gasteiger partial charge is 0.0835 e. The highest BCUT2D eigenvalue weighted by Gasteiger charge is 2.13. The van der Waals surface area contributed by atoms with E-state index in [9.17, 15) is 0 Å². The van der Waals surface area contributed by atoms with E-state index in [0.717, 1.165) is 16.5 Å². The summed E-state index contributed by atoms with van der Waals surface area (Å²) in [4.78, 5) is 0.235. The quantitative estimate of drug-likeness (QED) is 0.480. The van der Waals surface area contributed by atoms with Gasteiger partial charge in [0.05, 0.1) is 10.0 Å². The summed E-state index contributed by atoms with van der Waals surface area (Å²) in [6, 6.07) is 12.0. The maximum Gasteiger partial charge on any atom is 0.0595 e. The number of rotatable bonds is 3. The molecule has 19 heavy (non-hydrogen) atoms. The van der Waals surface area contributed by atoms with Crippen molar-refractivity contribution in [3.05, 3.63) is 67.6 Å². The maximum absolute atomic E-state index is 6.04. The van der Waals surface area contributed by atoms with Crippen LogP contribution in [0.25, 0.3) is 0 Å². The Kier molecular flexibility index (Phi) is 5.36. The molecule has 4 heteroatoms. The fourth-order valence-corrected chi connectivity index (χ4v) is 3.82. The molecule has 0 aromatic heterocycles. The van der Waals surface area contributed by atoms with Crippen LogP contribution < -0.4 is 0 Å². The number of hydrogen-bond donors (Lipinski definition) is 0. The molecule has 2 aromatic carbocycles. The van der Waals surface area contributed by atoms with Crippen LogP contribution in [0.3, 0.4) is 0 Å². The number of aryl methyl sites for hydroxylation is 1. The van der Waals surface area contributed by atoms with Crippen molar-refractivity contribution in [2.75, 3.05) is 0 Å². The van der Waals surface area contributed by atoms with Crippen LogP contribution in [0, 0.1) is 6.92 Å². The molecule has 2 rings (SSSR count). The molecule has 2 aromatic rings. The summed E-state index contributed by atoms with van der Waals surface area (Å²) in [7, 11) is 0. The Hall–Kier alpha value is -0.0200. The van der Waals surface area contributed by atoms with Gasteiger partial charge < -0.3 is 0 Å². The van der Waals surface area contributed by atoms with Crippen molar-refractivity contribution >= 4 is 55.1 Å². The predicted molar refractivity (Wildman–Crippen MR) is 90.7 cm³/mol. The molecular formula is C15H12Br2Cl2. The molecule has 0 spiro atoms. The minimum Gasteiger partial charge on any atom is -0.0835 e. The standard InChI is InChI=1S/C15H12Br2Cl2/c1-9-3-2-4-11(15(9)17)12(16)7-10-5-6-13(18)14(19)8-10/h2-6,8,12H,7H2,1H3. The molecule has 100 valence electrons. The smallest absolute Gasteiger partial charge is 0.0595 e. The number of halogens is 4. The zero-order valence-corrected chi connectivity index (χ0v) is 14.9. The first-order chi connectivity index (χ1) is 8.99. The first-order valence-corrected chi connectivity index (χ1v) is 8.28. The Balaban J connectivity index is 2.23. The molecule has 0 N–H and O–H groups in total. The van der Waals surface area contributed by atoms with Crippen molar-refractivity contribution in [3.63, 3.8) is 0 Å². The molecule has 0 fully saturated rings. The van der Waals surface area contributed by atoms with Gasteiger partial charge in [-0.15, -0.1) is 0 Å². The fraction of sp³-hybridized carbons (Fsp3) is 0.200. The van der Waals surface area contributed by atoms with Crippen molar-refractivity contribution in [1.82, 2.24) is 0 Å². The van der Waals surface area contributed by atoms with E-state index in [1.807, 2.05) is 18.2 Å². The molecule has 0 nitrogen and oxygen atoms in total.